The van der Waals surface area contributed by atoms with Crippen LogP contribution in [-0.4, -0.2) is 23.5 Å². The largest absolute Gasteiger partial charge is 0.750 e. The van der Waals surface area contributed by atoms with Gasteiger partial charge in [0.15, 0.2) is 0 Å². The molecule has 3 aromatic carbocycles. The molecule has 0 amide bonds. The summed E-state index contributed by atoms with van der Waals surface area (Å²) in [5, 5.41) is 24.4. The average molecular weight is 332 g/mol. The number of fused-ring (bicyclic) bond motifs is 1. The van der Waals surface area contributed by atoms with Gasteiger partial charge < -0.3 is 24.6 Å². The van der Waals surface area contributed by atoms with Crippen molar-refractivity contribution in [1.82, 2.24) is 0 Å². The smallest absolute Gasteiger partial charge is 0.139 e. The number of phenolic OH excluding ortho intramolecular Hbond substituents is 2. The van der Waals surface area contributed by atoms with E-state index in [0.29, 0.717) is 5.69 Å². The Hall–Kier alpha value is -2.61. The highest BCUT2D eigenvalue weighted by Gasteiger charge is 2.03. The van der Waals surface area contributed by atoms with Crippen molar-refractivity contribution in [2.24, 2.45) is 0 Å². The first-order valence-corrected chi connectivity index (χ1v) is 7.55. The van der Waals surface area contributed by atoms with E-state index in [2.05, 4.69) is 5.32 Å². The molecule has 0 saturated carbocycles. The van der Waals surface area contributed by atoms with Crippen molar-refractivity contribution in [1.29, 1.82) is 0 Å². The normalized spacial score (nSPS) is 11.4. The van der Waals surface area contributed by atoms with Gasteiger partial charge in [-0.15, -0.1) is 0 Å². The van der Waals surface area contributed by atoms with Gasteiger partial charge in [0.25, 0.3) is 0 Å². The van der Waals surface area contributed by atoms with E-state index in [-0.39, 0.29) is 11.5 Å². The van der Waals surface area contributed by atoms with Gasteiger partial charge in [0.1, 0.15) is 11.5 Å². The van der Waals surface area contributed by atoms with E-state index in [0.717, 1.165) is 16.5 Å². The van der Waals surface area contributed by atoms with E-state index >= 15 is 0 Å². The molecule has 0 spiro atoms. The maximum Gasteiger partial charge on any atom is 0.139 e. The first kappa shape index (κ1) is 16.8. The number of para-hydroxylation sites is 2. The van der Waals surface area contributed by atoms with Crippen LogP contribution in [0.2, 0.25) is 0 Å². The molecule has 120 valence electrons. The molecular formula is C16H14NO5S-. The van der Waals surface area contributed by atoms with Crippen LogP contribution in [0.1, 0.15) is 0 Å². The van der Waals surface area contributed by atoms with Crippen LogP contribution in [0.25, 0.3) is 10.8 Å². The Labute approximate surface area is 135 Å². The zero-order valence-electron chi connectivity index (χ0n) is 11.8. The van der Waals surface area contributed by atoms with Crippen LogP contribution in [0, 0.1) is 0 Å². The fraction of sp³-hybridized carbons (Fsp3) is 0. The molecule has 0 aliphatic rings. The van der Waals surface area contributed by atoms with Gasteiger partial charge in [-0.05, 0) is 41.8 Å². The summed E-state index contributed by atoms with van der Waals surface area (Å²) in [6, 6.07) is 18.1. The lowest BCUT2D eigenvalue weighted by Gasteiger charge is -2.09. The molecule has 0 bridgehead atoms. The summed E-state index contributed by atoms with van der Waals surface area (Å²) < 4.78 is 24.1. The standard InChI is InChI=1S/C16H13NO2.H2O3S/c18-15-7-3-4-11-10-12(8-9-13(11)15)17-14-5-1-2-6-16(14)19;1-4(2)3/h1-10,17-19H;(H2,1,2,3)/p-1. The zero-order chi connectivity index (χ0) is 16.8. The Kier molecular flexibility index (Phi) is 5.53. The monoisotopic (exact) mass is 332 g/mol. The molecule has 7 heteroatoms. The van der Waals surface area contributed by atoms with E-state index < -0.39 is 11.4 Å². The van der Waals surface area contributed by atoms with Crippen molar-refractivity contribution in [2.45, 2.75) is 0 Å². The van der Waals surface area contributed by atoms with Crippen LogP contribution in [0.5, 0.6) is 11.5 Å². The summed E-state index contributed by atoms with van der Waals surface area (Å²) in [6.45, 7) is 0. The van der Waals surface area contributed by atoms with Gasteiger partial charge in [-0.3, -0.25) is 0 Å². The maximum atomic E-state index is 9.74. The Morgan fingerprint density at radius 1 is 0.913 bits per heavy atom. The van der Waals surface area contributed by atoms with Gasteiger partial charge in [-0.2, -0.15) is 0 Å². The minimum absolute atomic E-state index is 0.207. The van der Waals surface area contributed by atoms with Gasteiger partial charge >= 0.3 is 0 Å². The van der Waals surface area contributed by atoms with Gasteiger partial charge in [-0.25, -0.2) is 4.21 Å². The molecule has 0 aliphatic heterocycles. The number of phenols is 2. The van der Waals surface area contributed by atoms with E-state index in [9.17, 15) is 10.2 Å². The Morgan fingerprint density at radius 3 is 2.26 bits per heavy atom. The summed E-state index contributed by atoms with van der Waals surface area (Å²) >= 11 is -2.86. The summed E-state index contributed by atoms with van der Waals surface area (Å²) in [4.78, 5) is 0. The minimum atomic E-state index is -2.86. The van der Waals surface area contributed by atoms with E-state index in [1.54, 1.807) is 24.3 Å². The number of hydrogen-bond acceptors (Lipinski definition) is 5. The topological polar surface area (TPSA) is 113 Å². The quantitative estimate of drug-likeness (QED) is 0.423. The summed E-state index contributed by atoms with van der Waals surface area (Å²) in [5.41, 5.74) is 1.52. The zero-order valence-corrected chi connectivity index (χ0v) is 12.7. The summed E-state index contributed by atoms with van der Waals surface area (Å²) in [7, 11) is 0. The van der Waals surface area contributed by atoms with E-state index in [1.807, 2.05) is 36.4 Å². The molecule has 0 saturated heterocycles. The first-order chi connectivity index (χ1) is 11.0. The number of benzene rings is 3. The molecule has 0 aliphatic carbocycles. The van der Waals surface area contributed by atoms with Crippen LogP contribution in [0.4, 0.5) is 11.4 Å². The first-order valence-electron chi connectivity index (χ1n) is 6.52. The van der Waals surface area contributed by atoms with Gasteiger partial charge in [0.2, 0.25) is 0 Å². The third kappa shape index (κ3) is 4.68. The van der Waals surface area contributed by atoms with Gasteiger partial charge in [0, 0.05) is 11.1 Å². The third-order valence-corrected chi connectivity index (χ3v) is 3.04. The molecule has 6 nitrogen and oxygen atoms in total. The fourth-order valence-electron chi connectivity index (χ4n) is 2.08. The van der Waals surface area contributed by atoms with Crippen LogP contribution >= 0.6 is 0 Å². The van der Waals surface area contributed by atoms with E-state index in [1.165, 1.54) is 0 Å². The lowest BCUT2D eigenvalue weighted by atomic mass is 10.1. The number of aromatic hydroxyl groups is 2. The number of hydrogen-bond donors (Lipinski definition) is 4. The predicted octanol–water partition coefficient (Wildman–Crippen LogP) is 3.33. The van der Waals surface area contributed by atoms with Crippen molar-refractivity contribution in [3.8, 4) is 11.5 Å². The van der Waals surface area contributed by atoms with Crippen molar-refractivity contribution < 1.29 is 23.5 Å². The Morgan fingerprint density at radius 2 is 1.57 bits per heavy atom. The second-order valence-corrected chi connectivity index (χ2v) is 5.01. The molecule has 3 aromatic rings. The minimum Gasteiger partial charge on any atom is -0.750 e. The van der Waals surface area contributed by atoms with Crippen LogP contribution in [0.3, 0.4) is 0 Å². The van der Waals surface area contributed by atoms with Gasteiger partial charge in [-0.1, -0.05) is 24.3 Å². The molecule has 0 heterocycles. The highest BCUT2D eigenvalue weighted by molar-refractivity contribution is 7.73. The molecule has 1 atom stereocenters. The SMILES string of the molecule is O=S([O-])O.Oc1ccccc1Nc1ccc2c(O)cccc2c1. The molecule has 23 heavy (non-hydrogen) atoms. The lowest BCUT2D eigenvalue weighted by molar-refractivity contribution is 0.436. The summed E-state index contributed by atoms with van der Waals surface area (Å²) in [6.07, 6.45) is 0. The molecule has 0 radical (unpaired) electrons. The number of anilines is 2. The molecule has 0 fully saturated rings. The number of rotatable bonds is 2. The predicted molar refractivity (Wildman–Crippen MR) is 88.6 cm³/mol. The van der Waals surface area contributed by atoms with Crippen LogP contribution < -0.4 is 5.32 Å². The highest BCUT2D eigenvalue weighted by Crippen LogP contribution is 2.30. The molecule has 3 rings (SSSR count). The van der Waals surface area contributed by atoms with Crippen LogP contribution in [0.15, 0.2) is 60.7 Å². The van der Waals surface area contributed by atoms with Crippen LogP contribution in [-0.2, 0) is 11.4 Å². The van der Waals surface area contributed by atoms with Crippen molar-refractivity contribution in [3.05, 3.63) is 60.7 Å². The molecule has 0 aromatic heterocycles. The molecular weight excluding hydrogens is 318 g/mol. The Bertz CT molecular complexity index is 834. The fourth-order valence-corrected chi connectivity index (χ4v) is 2.08. The van der Waals surface area contributed by atoms with Gasteiger partial charge in [0.05, 0.1) is 17.0 Å². The maximum absolute atomic E-state index is 9.74. The highest BCUT2D eigenvalue weighted by atomic mass is 32.2. The second kappa shape index (κ2) is 7.59. The van der Waals surface area contributed by atoms with Crippen molar-refractivity contribution in [2.75, 3.05) is 5.32 Å². The second-order valence-electron chi connectivity index (χ2n) is 4.57. The van der Waals surface area contributed by atoms with E-state index in [4.69, 9.17) is 13.3 Å². The van der Waals surface area contributed by atoms with Crippen molar-refractivity contribution in [3.63, 3.8) is 0 Å². The lowest BCUT2D eigenvalue weighted by Crippen LogP contribution is -1.90. The Balaban J connectivity index is 0.000000433. The molecule has 1 unspecified atom stereocenters. The number of nitrogens with one attached hydrogen (secondary N) is 1. The molecule has 4 N–H and O–H groups in total. The van der Waals surface area contributed by atoms with Crippen molar-refractivity contribution >= 4 is 33.5 Å². The summed E-state index contributed by atoms with van der Waals surface area (Å²) in [5.74, 6) is 0.477. The average Bonchev–Trinajstić information content (AvgIpc) is 2.49. The third-order valence-electron chi connectivity index (χ3n) is 3.04.